The fourth-order valence-electron chi connectivity index (χ4n) is 0.629. The number of carbonyl (C=O) groups excluding carboxylic acids is 2. The number of amides is 2. The number of nitrogens with two attached hydrogens (primary N) is 2. The number of hydrogen-bond donors (Lipinski definition) is 3. The highest BCUT2D eigenvalue weighted by Crippen LogP contribution is 2.27. The van der Waals surface area contributed by atoms with Gasteiger partial charge in [0.2, 0.25) is 5.91 Å². The average molecular weight is 243 g/mol. The SMILES string of the molecule is CC(N)(C(=O)NCCOC(N)=O)C(F)(F)F. The summed E-state index contributed by atoms with van der Waals surface area (Å²) in [6.45, 7) is -0.0864. The van der Waals surface area contributed by atoms with E-state index in [-0.39, 0.29) is 13.2 Å². The summed E-state index contributed by atoms with van der Waals surface area (Å²) in [6.07, 6.45) is -5.94. The van der Waals surface area contributed by atoms with Gasteiger partial charge in [-0.15, -0.1) is 0 Å². The Labute approximate surface area is 89.1 Å². The van der Waals surface area contributed by atoms with E-state index in [4.69, 9.17) is 5.73 Å². The van der Waals surface area contributed by atoms with Crippen LogP contribution in [-0.4, -0.2) is 36.9 Å². The normalized spacial score (nSPS) is 15.1. The number of halogens is 3. The van der Waals surface area contributed by atoms with Gasteiger partial charge in [0, 0.05) is 0 Å². The molecule has 0 aromatic carbocycles. The van der Waals surface area contributed by atoms with Gasteiger partial charge in [-0.05, 0) is 6.92 Å². The van der Waals surface area contributed by atoms with Crippen LogP contribution < -0.4 is 16.8 Å². The van der Waals surface area contributed by atoms with E-state index in [1.165, 1.54) is 0 Å². The Bertz CT molecular complexity index is 278. The summed E-state index contributed by atoms with van der Waals surface area (Å²) in [7, 11) is 0. The molecule has 2 amide bonds. The van der Waals surface area contributed by atoms with E-state index in [1.54, 1.807) is 0 Å². The topological polar surface area (TPSA) is 107 Å². The highest BCUT2D eigenvalue weighted by Gasteiger charge is 2.53. The molecule has 1 atom stereocenters. The van der Waals surface area contributed by atoms with Crippen LogP contribution in [0.5, 0.6) is 0 Å². The minimum absolute atomic E-state index is 0.301. The molecule has 16 heavy (non-hydrogen) atoms. The molecule has 6 nitrogen and oxygen atoms in total. The molecule has 0 saturated heterocycles. The monoisotopic (exact) mass is 243 g/mol. The quantitative estimate of drug-likeness (QED) is 0.577. The Morgan fingerprint density at radius 3 is 2.25 bits per heavy atom. The van der Waals surface area contributed by atoms with Gasteiger partial charge in [-0.1, -0.05) is 0 Å². The summed E-state index contributed by atoms with van der Waals surface area (Å²) < 4.78 is 40.9. The van der Waals surface area contributed by atoms with Crippen LogP contribution in [0.1, 0.15) is 6.92 Å². The number of alkyl halides is 3. The number of rotatable bonds is 4. The van der Waals surface area contributed by atoms with Crippen LogP contribution in [0, 0.1) is 0 Å². The van der Waals surface area contributed by atoms with Crippen molar-refractivity contribution in [1.29, 1.82) is 0 Å². The zero-order valence-corrected chi connectivity index (χ0v) is 8.43. The standard InChI is InChI=1S/C7H12F3N3O3/c1-6(12,7(8,9)10)4(14)13-2-3-16-5(11)15/h2-3,12H2,1H3,(H2,11,15)(H,13,14). The summed E-state index contributed by atoms with van der Waals surface area (Å²) >= 11 is 0. The smallest absolute Gasteiger partial charge is 0.415 e. The average Bonchev–Trinajstić information content (AvgIpc) is 2.09. The predicted molar refractivity (Wildman–Crippen MR) is 47.2 cm³/mol. The number of primary amides is 1. The predicted octanol–water partition coefficient (Wildman–Crippen LogP) is -0.522. The van der Waals surface area contributed by atoms with Crippen molar-refractivity contribution in [2.45, 2.75) is 18.6 Å². The van der Waals surface area contributed by atoms with E-state index in [1.807, 2.05) is 5.32 Å². The molecule has 0 aromatic heterocycles. The molecule has 0 rings (SSSR count). The van der Waals surface area contributed by atoms with Crippen molar-refractivity contribution < 1.29 is 27.5 Å². The van der Waals surface area contributed by atoms with Crippen LogP contribution >= 0.6 is 0 Å². The van der Waals surface area contributed by atoms with Crippen LogP contribution in [-0.2, 0) is 9.53 Å². The molecule has 5 N–H and O–H groups in total. The van der Waals surface area contributed by atoms with Crippen molar-refractivity contribution >= 4 is 12.0 Å². The molecule has 0 saturated carbocycles. The lowest BCUT2D eigenvalue weighted by Gasteiger charge is -2.25. The first-order valence-electron chi connectivity index (χ1n) is 4.15. The number of nitrogens with one attached hydrogen (secondary N) is 1. The molecule has 0 fully saturated rings. The lowest BCUT2D eigenvalue weighted by atomic mass is 10.0. The number of carbonyl (C=O) groups is 2. The molecular weight excluding hydrogens is 231 g/mol. The minimum atomic E-state index is -4.86. The fraction of sp³-hybridized carbons (Fsp3) is 0.714. The Hall–Kier alpha value is -1.51. The Kier molecular flexibility index (Phi) is 4.54. The lowest BCUT2D eigenvalue weighted by molar-refractivity contribution is -0.187. The third-order valence-electron chi connectivity index (χ3n) is 1.69. The van der Waals surface area contributed by atoms with E-state index in [0.29, 0.717) is 6.92 Å². The second-order valence-corrected chi connectivity index (χ2v) is 3.12. The van der Waals surface area contributed by atoms with Gasteiger partial charge in [-0.25, -0.2) is 4.79 Å². The molecular formula is C7H12F3N3O3. The lowest BCUT2D eigenvalue weighted by Crippen LogP contribution is -2.61. The molecule has 0 aliphatic rings. The fourth-order valence-corrected chi connectivity index (χ4v) is 0.629. The van der Waals surface area contributed by atoms with Crippen molar-refractivity contribution in [2.24, 2.45) is 11.5 Å². The van der Waals surface area contributed by atoms with Gasteiger partial charge in [0.25, 0.3) is 0 Å². The first kappa shape index (κ1) is 14.5. The minimum Gasteiger partial charge on any atom is -0.448 e. The highest BCUT2D eigenvalue weighted by molar-refractivity contribution is 5.86. The largest absolute Gasteiger partial charge is 0.448 e. The second-order valence-electron chi connectivity index (χ2n) is 3.12. The van der Waals surface area contributed by atoms with E-state index >= 15 is 0 Å². The van der Waals surface area contributed by atoms with Crippen LogP contribution in [0.25, 0.3) is 0 Å². The molecule has 0 aliphatic heterocycles. The van der Waals surface area contributed by atoms with Gasteiger partial charge >= 0.3 is 12.3 Å². The van der Waals surface area contributed by atoms with E-state index in [9.17, 15) is 22.8 Å². The molecule has 0 heterocycles. The highest BCUT2D eigenvalue weighted by atomic mass is 19.4. The Morgan fingerprint density at radius 1 is 1.38 bits per heavy atom. The van der Waals surface area contributed by atoms with Gasteiger partial charge in [0.15, 0.2) is 5.54 Å². The molecule has 1 unspecified atom stereocenters. The third-order valence-corrected chi connectivity index (χ3v) is 1.69. The Morgan fingerprint density at radius 2 is 1.88 bits per heavy atom. The van der Waals surface area contributed by atoms with Crippen molar-refractivity contribution in [3.05, 3.63) is 0 Å². The zero-order chi connectivity index (χ0) is 13.0. The summed E-state index contributed by atoms with van der Waals surface area (Å²) in [5.74, 6) is -1.41. The molecule has 0 bridgehead atoms. The van der Waals surface area contributed by atoms with Crippen LogP contribution in [0.3, 0.4) is 0 Å². The van der Waals surface area contributed by atoms with Gasteiger partial charge < -0.3 is 21.5 Å². The van der Waals surface area contributed by atoms with Crippen molar-refractivity contribution in [2.75, 3.05) is 13.2 Å². The first-order chi connectivity index (χ1) is 7.09. The zero-order valence-electron chi connectivity index (χ0n) is 8.43. The van der Waals surface area contributed by atoms with Gasteiger partial charge in [-0.3, -0.25) is 4.79 Å². The maximum Gasteiger partial charge on any atom is 0.415 e. The van der Waals surface area contributed by atoms with E-state index in [2.05, 4.69) is 10.5 Å². The van der Waals surface area contributed by atoms with E-state index in [0.717, 1.165) is 0 Å². The molecule has 0 spiro atoms. The van der Waals surface area contributed by atoms with Crippen LogP contribution in [0.4, 0.5) is 18.0 Å². The van der Waals surface area contributed by atoms with Crippen molar-refractivity contribution in [3.8, 4) is 0 Å². The van der Waals surface area contributed by atoms with Gasteiger partial charge in [0.05, 0.1) is 6.54 Å². The first-order valence-corrected chi connectivity index (χ1v) is 4.15. The molecule has 9 heteroatoms. The van der Waals surface area contributed by atoms with Crippen LogP contribution in [0.2, 0.25) is 0 Å². The molecule has 0 radical (unpaired) electrons. The molecule has 94 valence electrons. The summed E-state index contributed by atoms with van der Waals surface area (Å²) in [5, 5.41) is 1.87. The summed E-state index contributed by atoms with van der Waals surface area (Å²) in [6, 6.07) is 0. The molecule has 0 aromatic rings. The summed E-state index contributed by atoms with van der Waals surface area (Å²) in [4.78, 5) is 21.1. The third kappa shape index (κ3) is 3.93. The second kappa shape index (κ2) is 5.01. The number of hydrogen-bond acceptors (Lipinski definition) is 4. The molecule has 0 aliphatic carbocycles. The van der Waals surface area contributed by atoms with Crippen molar-refractivity contribution in [1.82, 2.24) is 5.32 Å². The maximum absolute atomic E-state index is 12.2. The Balaban J connectivity index is 4.12. The maximum atomic E-state index is 12.2. The summed E-state index contributed by atoms with van der Waals surface area (Å²) in [5.41, 5.74) is 6.41. The van der Waals surface area contributed by atoms with Crippen molar-refractivity contribution in [3.63, 3.8) is 0 Å². The van der Waals surface area contributed by atoms with Gasteiger partial charge in [-0.2, -0.15) is 13.2 Å². The van der Waals surface area contributed by atoms with E-state index < -0.39 is 23.7 Å². The van der Waals surface area contributed by atoms with Crippen LogP contribution in [0.15, 0.2) is 0 Å². The van der Waals surface area contributed by atoms with Gasteiger partial charge in [0.1, 0.15) is 6.61 Å². The number of ether oxygens (including phenoxy) is 1.